The van der Waals surface area contributed by atoms with E-state index in [0.717, 1.165) is 5.56 Å². The molecule has 0 unspecified atom stereocenters. The van der Waals surface area contributed by atoms with Crippen LogP contribution in [0.3, 0.4) is 0 Å². The quantitative estimate of drug-likeness (QED) is 0.795. The maximum Gasteiger partial charge on any atom is 0.187 e. The van der Waals surface area contributed by atoms with Gasteiger partial charge >= 0.3 is 0 Å². The van der Waals surface area contributed by atoms with Gasteiger partial charge in [-0.2, -0.15) is 0 Å². The van der Waals surface area contributed by atoms with Crippen LogP contribution in [0.15, 0.2) is 30.3 Å². The summed E-state index contributed by atoms with van der Waals surface area (Å²) >= 11 is 0. The third-order valence-corrected chi connectivity index (χ3v) is 3.35. The monoisotopic (exact) mass is 252 g/mol. The van der Waals surface area contributed by atoms with Crippen LogP contribution in [0.4, 0.5) is 0 Å². The molecule has 5 nitrogen and oxygen atoms in total. The minimum Gasteiger partial charge on any atom is -0.387 e. The summed E-state index contributed by atoms with van der Waals surface area (Å²) in [7, 11) is 0. The van der Waals surface area contributed by atoms with E-state index in [1.165, 1.54) is 0 Å². The Kier molecular flexibility index (Phi) is 3.32. The molecule has 2 saturated heterocycles. The molecule has 0 spiro atoms. The van der Waals surface area contributed by atoms with Crippen LogP contribution in [0.5, 0.6) is 0 Å². The maximum atomic E-state index is 9.96. The Morgan fingerprint density at radius 2 is 1.94 bits per heavy atom. The van der Waals surface area contributed by atoms with Crippen LogP contribution in [-0.4, -0.2) is 47.5 Å². The second-order valence-electron chi connectivity index (χ2n) is 4.62. The molecular weight excluding hydrogens is 236 g/mol. The topological polar surface area (TPSA) is 68.2 Å². The van der Waals surface area contributed by atoms with Gasteiger partial charge < -0.3 is 24.4 Å². The minimum atomic E-state index is -0.972. The van der Waals surface area contributed by atoms with E-state index in [2.05, 4.69) is 0 Å². The zero-order valence-corrected chi connectivity index (χ0v) is 9.81. The highest BCUT2D eigenvalue weighted by Crippen LogP contribution is 2.30. The zero-order valence-electron chi connectivity index (χ0n) is 9.81. The third-order valence-electron chi connectivity index (χ3n) is 3.35. The molecule has 2 fully saturated rings. The molecule has 0 saturated carbocycles. The predicted molar refractivity (Wildman–Crippen MR) is 61.6 cm³/mol. The van der Waals surface area contributed by atoms with E-state index >= 15 is 0 Å². The van der Waals surface area contributed by atoms with E-state index in [1.54, 1.807) is 0 Å². The normalized spacial score (nSPS) is 38.9. The lowest BCUT2D eigenvalue weighted by molar-refractivity contribution is -0.245. The summed E-state index contributed by atoms with van der Waals surface area (Å²) in [5.74, 6) is 0. The lowest BCUT2D eigenvalue weighted by Gasteiger charge is -2.35. The molecule has 0 aliphatic carbocycles. The molecule has 2 aliphatic rings. The van der Waals surface area contributed by atoms with Gasteiger partial charge in [-0.15, -0.1) is 0 Å². The van der Waals surface area contributed by atoms with Crippen molar-refractivity contribution in [2.45, 2.75) is 37.3 Å². The van der Waals surface area contributed by atoms with Crippen molar-refractivity contribution in [2.75, 3.05) is 6.61 Å². The fourth-order valence-corrected chi connectivity index (χ4v) is 2.31. The number of hydrogen-bond acceptors (Lipinski definition) is 5. The van der Waals surface area contributed by atoms with Crippen molar-refractivity contribution in [1.29, 1.82) is 0 Å². The van der Waals surface area contributed by atoms with Crippen LogP contribution in [0.25, 0.3) is 0 Å². The van der Waals surface area contributed by atoms with Crippen molar-refractivity contribution in [3.05, 3.63) is 35.9 Å². The van der Waals surface area contributed by atoms with Gasteiger partial charge in [-0.25, -0.2) is 0 Å². The first-order valence-electron chi connectivity index (χ1n) is 6.04. The predicted octanol–water partition coefficient (Wildman–Crippen LogP) is 0.0487. The highest BCUT2D eigenvalue weighted by atomic mass is 16.8. The first kappa shape index (κ1) is 12.1. The second-order valence-corrected chi connectivity index (χ2v) is 4.62. The Balaban J connectivity index is 1.65. The van der Waals surface area contributed by atoms with Crippen molar-refractivity contribution in [1.82, 2.24) is 0 Å². The number of benzene rings is 1. The molecule has 5 atom stereocenters. The Hall–Kier alpha value is -0.980. The van der Waals surface area contributed by atoms with E-state index in [-0.39, 0.29) is 0 Å². The molecule has 0 aromatic heterocycles. The van der Waals surface area contributed by atoms with E-state index in [1.807, 2.05) is 30.3 Å². The molecule has 0 radical (unpaired) electrons. The molecule has 3 rings (SSSR count). The first-order chi connectivity index (χ1) is 8.75. The van der Waals surface area contributed by atoms with Crippen molar-refractivity contribution in [3.63, 3.8) is 0 Å². The van der Waals surface area contributed by atoms with Gasteiger partial charge in [0.2, 0.25) is 0 Å². The molecule has 2 bridgehead atoms. The van der Waals surface area contributed by atoms with Crippen LogP contribution in [0, 0.1) is 0 Å². The van der Waals surface area contributed by atoms with Crippen LogP contribution >= 0.6 is 0 Å². The number of ether oxygens (including phenoxy) is 3. The minimum absolute atomic E-state index is 0.300. The van der Waals surface area contributed by atoms with Crippen LogP contribution in [0.1, 0.15) is 5.56 Å². The number of aliphatic hydroxyl groups excluding tert-OH is 2. The molecule has 0 amide bonds. The molecule has 98 valence electrons. The summed E-state index contributed by atoms with van der Waals surface area (Å²) in [4.78, 5) is 0. The third kappa shape index (κ3) is 2.15. The standard InChI is InChI=1S/C13H16O5/c14-10-9-7-17-13(18-9)12(11(10)15)16-6-8-4-2-1-3-5-8/h1-5,9-15H,6-7H2/t9-,10+,11+,12-,13-/m1/s1. The van der Waals surface area contributed by atoms with Crippen molar-refractivity contribution < 1.29 is 24.4 Å². The fraction of sp³-hybridized carbons (Fsp3) is 0.538. The highest BCUT2D eigenvalue weighted by molar-refractivity contribution is 5.13. The number of aliphatic hydroxyl groups is 2. The Bertz CT molecular complexity index is 396. The van der Waals surface area contributed by atoms with E-state index in [9.17, 15) is 10.2 Å². The Labute approximate surface area is 105 Å². The van der Waals surface area contributed by atoms with Gasteiger partial charge in [-0.05, 0) is 5.56 Å². The van der Waals surface area contributed by atoms with Crippen LogP contribution in [-0.2, 0) is 20.8 Å². The molecule has 18 heavy (non-hydrogen) atoms. The molecule has 2 heterocycles. The number of hydrogen-bond donors (Lipinski definition) is 2. The smallest absolute Gasteiger partial charge is 0.187 e. The molecule has 2 N–H and O–H groups in total. The maximum absolute atomic E-state index is 9.96. The molecule has 2 aliphatic heterocycles. The van der Waals surface area contributed by atoms with Crippen LogP contribution in [0.2, 0.25) is 0 Å². The molecular formula is C13H16O5. The second kappa shape index (κ2) is 4.95. The summed E-state index contributed by atoms with van der Waals surface area (Å²) in [6.07, 6.45) is -3.61. The average molecular weight is 252 g/mol. The summed E-state index contributed by atoms with van der Waals surface area (Å²) in [5.41, 5.74) is 0.999. The van der Waals surface area contributed by atoms with Gasteiger partial charge in [0, 0.05) is 0 Å². The molecule has 1 aromatic rings. The first-order valence-corrected chi connectivity index (χ1v) is 6.04. The number of fused-ring (bicyclic) bond motifs is 2. The van der Waals surface area contributed by atoms with E-state index in [0.29, 0.717) is 13.2 Å². The van der Waals surface area contributed by atoms with Gasteiger partial charge in [0.05, 0.1) is 13.2 Å². The summed E-state index contributed by atoms with van der Waals surface area (Å²) < 4.78 is 16.4. The van der Waals surface area contributed by atoms with Gasteiger partial charge in [0.15, 0.2) is 6.29 Å². The molecule has 1 aromatic carbocycles. The van der Waals surface area contributed by atoms with Crippen molar-refractivity contribution in [3.8, 4) is 0 Å². The van der Waals surface area contributed by atoms with Crippen molar-refractivity contribution in [2.24, 2.45) is 0 Å². The molecule has 5 heteroatoms. The Morgan fingerprint density at radius 1 is 1.17 bits per heavy atom. The number of rotatable bonds is 3. The summed E-state index contributed by atoms with van der Waals surface area (Å²) in [6, 6.07) is 9.64. The summed E-state index contributed by atoms with van der Waals surface area (Å²) in [5, 5.41) is 19.8. The fourth-order valence-electron chi connectivity index (χ4n) is 2.31. The van der Waals surface area contributed by atoms with Crippen LogP contribution < -0.4 is 0 Å². The van der Waals surface area contributed by atoms with E-state index in [4.69, 9.17) is 14.2 Å². The largest absolute Gasteiger partial charge is 0.387 e. The zero-order chi connectivity index (χ0) is 12.5. The van der Waals surface area contributed by atoms with Gasteiger partial charge in [-0.1, -0.05) is 30.3 Å². The lowest BCUT2D eigenvalue weighted by Crippen LogP contribution is -2.54. The Morgan fingerprint density at radius 3 is 2.72 bits per heavy atom. The van der Waals surface area contributed by atoms with Gasteiger partial charge in [0.1, 0.15) is 24.4 Å². The SMILES string of the molecule is O[C@@H]1[C@H](O)[C@@H](OCc2ccccc2)[C@@H]2OC[C@H]1O2. The van der Waals surface area contributed by atoms with Gasteiger partial charge in [-0.3, -0.25) is 0 Å². The van der Waals surface area contributed by atoms with Gasteiger partial charge in [0.25, 0.3) is 0 Å². The van der Waals surface area contributed by atoms with Crippen molar-refractivity contribution >= 4 is 0 Å². The average Bonchev–Trinajstić information content (AvgIpc) is 2.84. The summed E-state index contributed by atoms with van der Waals surface area (Å²) in [6.45, 7) is 0.650. The highest BCUT2D eigenvalue weighted by Gasteiger charge is 2.50. The lowest BCUT2D eigenvalue weighted by atomic mass is 10.0. The van der Waals surface area contributed by atoms with E-state index < -0.39 is 30.7 Å².